The molecule has 0 unspecified atom stereocenters. The molecule has 37 heavy (non-hydrogen) atoms. The van der Waals surface area contributed by atoms with Crippen LogP contribution in [0.15, 0.2) is 36.4 Å². The first-order chi connectivity index (χ1) is 17.9. The summed E-state index contributed by atoms with van der Waals surface area (Å²) in [6.07, 6.45) is 1.73. The van der Waals surface area contributed by atoms with Gasteiger partial charge < -0.3 is 36.2 Å². The van der Waals surface area contributed by atoms with Gasteiger partial charge in [-0.05, 0) is 49.2 Å². The van der Waals surface area contributed by atoms with Gasteiger partial charge in [0, 0.05) is 55.9 Å². The number of nitrogens with zero attached hydrogens (tertiary/aromatic N) is 3. The number of amides is 4. The van der Waals surface area contributed by atoms with Gasteiger partial charge in [-0.3, -0.25) is 9.59 Å². The molecule has 4 amide bonds. The Balaban J connectivity index is 1.46. The predicted octanol–water partition coefficient (Wildman–Crippen LogP) is 1.90. The number of ether oxygens (including phenoxy) is 1. The Hall–Kier alpha value is -3.57. The summed E-state index contributed by atoms with van der Waals surface area (Å²) in [4.78, 5) is 45.4. The number of primary amides is 1. The maximum atomic E-state index is 12.7. The van der Waals surface area contributed by atoms with E-state index in [2.05, 4.69) is 25.8 Å². The Morgan fingerprint density at radius 1 is 1.08 bits per heavy atom. The summed E-state index contributed by atoms with van der Waals surface area (Å²) in [6.45, 7) is 3.97. The summed E-state index contributed by atoms with van der Waals surface area (Å²) in [6, 6.07) is 10.1. The molecule has 2 aromatic rings. The number of carbonyl (C=O) groups is 3. The molecule has 1 atom stereocenters. The van der Waals surface area contributed by atoms with Gasteiger partial charge in [0.05, 0.1) is 18.8 Å². The largest absolute Gasteiger partial charge is 0.378 e. The number of anilines is 3. The van der Waals surface area contributed by atoms with E-state index < -0.39 is 5.91 Å². The second-order valence-corrected chi connectivity index (χ2v) is 9.29. The second-order valence-electron chi connectivity index (χ2n) is 8.91. The van der Waals surface area contributed by atoms with Gasteiger partial charge in [-0.15, -0.1) is 11.6 Å². The fraction of sp³-hybridized carbons (Fsp3) is 0.440. The van der Waals surface area contributed by atoms with Crippen molar-refractivity contribution < 1.29 is 19.1 Å². The van der Waals surface area contributed by atoms with Crippen molar-refractivity contribution in [1.29, 1.82) is 0 Å². The van der Waals surface area contributed by atoms with Crippen LogP contribution in [0.2, 0.25) is 0 Å². The van der Waals surface area contributed by atoms with Crippen molar-refractivity contribution in [1.82, 2.24) is 20.5 Å². The zero-order valence-electron chi connectivity index (χ0n) is 20.5. The zero-order chi connectivity index (χ0) is 26.2. The first-order valence-corrected chi connectivity index (χ1v) is 12.9. The lowest BCUT2D eigenvalue weighted by atomic mass is 10.1. The van der Waals surface area contributed by atoms with Gasteiger partial charge in [0.2, 0.25) is 0 Å². The van der Waals surface area contributed by atoms with Crippen LogP contribution in [-0.2, 0) is 4.74 Å². The Bertz CT molecular complexity index is 1110. The van der Waals surface area contributed by atoms with Crippen molar-refractivity contribution in [3.8, 4) is 0 Å². The van der Waals surface area contributed by atoms with E-state index in [0.29, 0.717) is 68.2 Å². The number of urea groups is 1. The summed E-state index contributed by atoms with van der Waals surface area (Å²) in [5, 5.41) is 8.85. The van der Waals surface area contributed by atoms with Crippen LogP contribution in [0.3, 0.4) is 0 Å². The van der Waals surface area contributed by atoms with E-state index in [1.165, 1.54) is 0 Å². The van der Waals surface area contributed by atoms with E-state index >= 15 is 0 Å². The van der Waals surface area contributed by atoms with E-state index in [1.807, 2.05) is 0 Å². The molecule has 4 rings (SSSR count). The van der Waals surface area contributed by atoms with Gasteiger partial charge in [-0.1, -0.05) is 0 Å². The van der Waals surface area contributed by atoms with Crippen molar-refractivity contribution in [3.63, 3.8) is 0 Å². The third-order valence-corrected chi connectivity index (χ3v) is 6.49. The minimum Gasteiger partial charge on any atom is -0.378 e. The summed E-state index contributed by atoms with van der Waals surface area (Å²) < 4.78 is 5.31. The van der Waals surface area contributed by atoms with Crippen molar-refractivity contribution >= 4 is 46.8 Å². The van der Waals surface area contributed by atoms with E-state index in [1.54, 1.807) is 41.3 Å². The third kappa shape index (κ3) is 7.01. The third-order valence-electron chi connectivity index (χ3n) is 6.30. The van der Waals surface area contributed by atoms with Crippen molar-refractivity contribution in [2.45, 2.75) is 18.9 Å². The molecule has 1 aromatic carbocycles. The number of pyridine rings is 1. The number of alkyl halides is 1. The van der Waals surface area contributed by atoms with Gasteiger partial charge in [-0.25, -0.2) is 9.78 Å². The number of nitrogens with one attached hydrogen (secondary N) is 3. The SMILES string of the molecule is NC(=O)c1ccc(N2CCC[C@@H](NC(=O)NCCCl)C2)nc1Nc1ccc(C(=O)N2CCOCC2)cc1. The quantitative estimate of drug-likeness (QED) is 0.382. The monoisotopic (exact) mass is 529 g/mol. The van der Waals surface area contributed by atoms with Gasteiger partial charge in [0.25, 0.3) is 11.8 Å². The molecule has 0 bridgehead atoms. The normalized spacial score (nSPS) is 17.7. The van der Waals surface area contributed by atoms with Crippen LogP contribution < -0.4 is 26.6 Å². The maximum Gasteiger partial charge on any atom is 0.315 e. The average molecular weight is 530 g/mol. The molecule has 12 heteroatoms. The molecular formula is C25H32ClN7O4. The molecule has 0 spiro atoms. The summed E-state index contributed by atoms with van der Waals surface area (Å²) in [5.41, 5.74) is 7.10. The van der Waals surface area contributed by atoms with Crippen LogP contribution in [0.4, 0.5) is 22.1 Å². The van der Waals surface area contributed by atoms with Crippen molar-refractivity contribution in [2.24, 2.45) is 5.73 Å². The van der Waals surface area contributed by atoms with Crippen LogP contribution in [0.1, 0.15) is 33.6 Å². The van der Waals surface area contributed by atoms with Gasteiger partial charge >= 0.3 is 6.03 Å². The fourth-order valence-electron chi connectivity index (χ4n) is 4.40. The standard InChI is InChI=1S/C25H32ClN7O4/c26-9-10-28-25(36)30-19-2-1-11-33(16-19)21-8-7-20(22(27)34)23(31-21)29-18-5-3-17(4-6-18)24(35)32-12-14-37-15-13-32/h3-8,19H,1-2,9-16H2,(H2,27,34)(H,29,31)(H2,28,30,36)/t19-/m1/s1. The molecule has 2 fully saturated rings. The number of aromatic nitrogens is 1. The number of nitrogens with two attached hydrogens (primary N) is 1. The smallest absolute Gasteiger partial charge is 0.315 e. The molecule has 5 N–H and O–H groups in total. The highest BCUT2D eigenvalue weighted by Crippen LogP contribution is 2.25. The summed E-state index contributed by atoms with van der Waals surface area (Å²) in [5.74, 6) is 0.696. The highest BCUT2D eigenvalue weighted by atomic mass is 35.5. The molecule has 0 radical (unpaired) electrons. The molecule has 2 aliphatic rings. The van der Waals surface area contributed by atoms with Gasteiger partial charge in [0.15, 0.2) is 0 Å². The zero-order valence-corrected chi connectivity index (χ0v) is 21.3. The summed E-state index contributed by atoms with van der Waals surface area (Å²) >= 11 is 5.63. The molecule has 0 aliphatic carbocycles. The molecule has 0 saturated carbocycles. The van der Waals surface area contributed by atoms with Crippen molar-refractivity contribution in [3.05, 3.63) is 47.5 Å². The molecule has 1 aromatic heterocycles. The van der Waals surface area contributed by atoms with Crippen LogP contribution >= 0.6 is 11.6 Å². The number of halogens is 1. The summed E-state index contributed by atoms with van der Waals surface area (Å²) in [7, 11) is 0. The molecule has 2 aliphatic heterocycles. The van der Waals surface area contributed by atoms with E-state index in [4.69, 9.17) is 22.1 Å². The number of hydrogen-bond donors (Lipinski definition) is 4. The van der Waals surface area contributed by atoms with Gasteiger partial charge in [-0.2, -0.15) is 0 Å². The Kier molecular flexibility index (Phi) is 9.02. The minimum absolute atomic E-state index is 0.0441. The number of piperidine rings is 1. The second kappa shape index (κ2) is 12.6. The van der Waals surface area contributed by atoms with E-state index in [-0.39, 0.29) is 23.5 Å². The first-order valence-electron chi connectivity index (χ1n) is 12.3. The highest BCUT2D eigenvalue weighted by molar-refractivity contribution is 6.18. The van der Waals surface area contributed by atoms with Crippen LogP contribution in [0.25, 0.3) is 0 Å². The maximum absolute atomic E-state index is 12.7. The number of hydrogen-bond acceptors (Lipinski definition) is 7. The first kappa shape index (κ1) is 26.5. The Morgan fingerprint density at radius 3 is 2.54 bits per heavy atom. The number of morpholine rings is 1. The Morgan fingerprint density at radius 2 is 1.84 bits per heavy atom. The average Bonchev–Trinajstić information content (AvgIpc) is 2.92. The lowest BCUT2D eigenvalue weighted by Crippen LogP contribution is -2.51. The lowest BCUT2D eigenvalue weighted by molar-refractivity contribution is 0.0303. The Labute approximate surface area is 220 Å². The molecule has 198 valence electrons. The molecule has 2 saturated heterocycles. The molecular weight excluding hydrogens is 498 g/mol. The number of carbonyl (C=O) groups excluding carboxylic acids is 3. The lowest BCUT2D eigenvalue weighted by Gasteiger charge is -2.34. The minimum atomic E-state index is -0.602. The van der Waals surface area contributed by atoms with Crippen molar-refractivity contribution in [2.75, 3.05) is 62.0 Å². The molecule has 3 heterocycles. The molecule has 11 nitrogen and oxygen atoms in total. The van der Waals surface area contributed by atoms with Crippen LogP contribution in [0, 0.1) is 0 Å². The topological polar surface area (TPSA) is 142 Å². The number of benzene rings is 1. The predicted molar refractivity (Wildman–Crippen MR) is 142 cm³/mol. The van der Waals surface area contributed by atoms with E-state index in [0.717, 1.165) is 19.4 Å². The fourth-order valence-corrected chi connectivity index (χ4v) is 4.50. The van der Waals surface area contributed by atoms with Crippen LogP contribution in [-0.4, -0.2) is 85.6 Å². The highest BCUT2D eigenvalue weighted by Gasteiger charge is 2.24. The van der Waals surface area contributed by atoms with Gasteiger partial charge in [0.1, 0.15) is 11.6 Å². The van der Waals surface area contributed by atoms with Crippen LogP contribution in [0.5, 0.6) is 0 Å². The van der Waals surface area contributed by atoms with E-state index in [9.17, 15) is 14.4 Å². The number of rotatable bonds is 8.